The van der Waals surface area contributed by atoms with E-state index in [-0.39, 0.29) is 12.0 Å². The zero-order valence-corrected chi connectivity index (χ0v) is 9.61. The second-order valence-corrected chi connectivity index (χ2v) is 4.15. The molecule has 1 aromatic rings. The van der Waals surface area contributed by atoms with Crippen LogP contribution in [0, 0.1) is 5.92 Å². The van der Waals surface area contributed by atoms with Crippen LogP contribution in [0.1, 0.15) is 25.5 Å². The monoisotopic (exact) mass is 221 g/mol. The molecule has 0 bridgehead atoms. The van der Waals surface area contributed by atoms with E-state index < -0.39 is 6.09 Å². The maximum atomic E-state index is 11.3. The maximum absolute atomic E-state index is 11.3. The molecule has 0 aromatic heterocycles. The summed E-state index contributed by atoms with van der Waals surface area (Å²) in [5.41, 5.74) is 1.77. The SMILES string of the molecule is COc1ccc2c(c1)C(C(C)C)OC(=O)N2. The smallest absolute Gasteiger partial charge is 0.412 e. The average molecular weight is 221 g/mol. The molecule has 0 saturated heterocycles. The van der Waals surface area contributed by atoms with Crippen molar-refractivity contribution in [1.29, 1.82) is 0 Å². The molecule has 0 spiro atoms. The Bertz CT molecular complexity index is 415. The summed E-state index contributed by atoms with van der Waals surface area (Å²) in [7, 11) is 1.62. The number of benzene rings is 1. The van der Waals surface area contributed by atoms with E-state index in [4.69, 9.17) is 9.47 Å². The molecule has 1 unspecified atom stereocenters. The molecule has 1 aliphatic rings. The van der Waals surface area contributed by atoms with Crippen molar-refractivity contribution >= 4 is 11.8 Å². The first-order chi connectivity index (χ1) is 7.61. The lowest BCUT2D eigenvalue weighted by atomic mass is 9.96. The van der Waals surface area contributed by atoms with Crippen LogP contribution in [0.3, 0.4) is 0 Å². The van der Waals surface area contributed by atoms with Crippen molar-refractivity contribution in [2.45, 2.75) is 20.0 Å². The van der Waals surface area contributed by atoms with E-state index in [1.165, 1.54) is 0 Å². The van der Waals surface area contributed by atoms with Crippen LogP contribution >= 0.6 is 0 Å². The number of fused-ring (bicyclic) bond motifs is 1. The molecule has 1 atom stereocenters. The first-order valence-electron chi connectivity index (χ1n) is 5.27. The molecule has 0 saturated carbocycles. The van der Waals surface area contributed by atoms with Crippen LogP contribution in [0.15, 0.2) is 18.2 Å². The van der Waals surface area contributed by atoms with Crippen molar-refractivity contribution in [3.63, 3.8) is 0 Å². The fourth-order valence-corrected chi connectivity index (χ4v) is 1.83. The van der Waals surface area contributed by atoms with E-state index in [0.717, 1.165) is 17.0 Å². The minimum atomic E-state index is -0.392. The minimum Gasteiger partial charge on any atom is -0.497 e. The minimum absolute atomic E-state index is 0.209. The molecule has 1 aromatic carbocycles. The second-order valence-electron chi connectivity index (χ2n) is 4.15. The standard InChI is InChI=1S/C12H15NO3/c1-7(2)11-9-6-8(15-3)4-5-10(9)13-12(14)16-11/h4-7,11H,1-3H3,(H,13,14). The topological polar surface area (TPSA) is 47.6 Å². The van der Waals surface area contributed by atoms with Crippen molar-refractivity contribution < 1.29 is 14.3 Å². The Hall–Kier alpha value is -1.71. The van der Waals surface area contributed by atoms with Gasteiger partial charge in [-0.15, -0.1) is 0 Å². The molecule has 0 fully saturated rings. The molecular formula is C12H15NO3. The van der Waals surface area contributed by atoms with E-state index in [2.05, 4.69) is 5.32 Å². The first kappa shape index (κ1) is 10.8. The molecule has 4 nitrogen and oxygen atoms in total. The van der Waals surface area contributed by atoms with Crippen LogP contribution in [0.4, 0.5) is 10.5 Å². The lowest BCUT2D eigenvalue weighted by Crippen LogP contribution is -2.27. The van der Waals surface area contributed by atoms with Crippen LogP contribution in [0.5, 0.6) is 5.75 Å². The van der Waals surface area contributed by atoms with Crippen LogP contribution in [-0.4, -0.2) is 13.2 Å². The van der Waals surface area contributed by atoms with Gasteiger partial charge < -0.3 is 9.47 Å². The number of hydrogen-bond acceptors (Lipinski definition) is 3. The molecular weight excluding hydrogens is 206 g/mol. The first-order valence-corrected chi connectivity index (χ1v) is 5.27. The largest absolute Gasteiger partial charge is 0.497 e. The van der Waals surface area contributed by atoms with Crippen molar-refractivity contribution in [2.24, 2.45) is 5.92 Å². The van der Waals surface area contributed by atoms with E-state index in [1.54, 1.807) is 7.11 Å². The molecule has 0 aliphatic carbocycles. The van der Waals surface area contributed by atoms with Gasteiger partial charge >= 0.3 is 6.09 Å². The fourth-order valence-electron chi connectivity index (χ4n) is 1.83. The van der Waals surface area contributed by atoms with E-state index in [1.807, 2.05) is 32.0 Å². The van der Waals surface area contributed by atoms with Gasteiger partial charge in [-0.2, -0.15) is 0 Å². The average Bonchev–Trinajstić information content (AvgIpc) is 2.27. The summed E-state index contributed by atoms with van der Waals surface area (Å²) >= 11 is 0. The Labute approximate surface area is 94.6 Å². The highest BCUT2D eigenvalue weighted by Gasteiger charge is 2.28. The summed E-state index contributed by atoms with van der Waals surface area (Å²) in [5.74, 6) is 1.00. The fraction of sp³-hybridized carbons (Fsp3) is 0.417. The summed E-state index contributed by atoms with van der Waals surface area (Å²) in [6, 6.07) is 5.56. The highest BCUT2D eigenvalue weighted by molar-refractivity contribution is 5.88. The van der Waals surface area contributed by atoms with Gasteiger partial charge in [0.25, 0.3) is 0 Å². The number of cyclic esters (lactones) is 1. The third-order valence-electron chi connectivity index (χ3n) is 2.64. The molecule has 2 rings (SSSR count). The third kappa shape index (κ3) is 1.83. The van der Waals surface area contributed by atoms with Gasteiger partial charge in [0.05, 0.1) is 12.8 Å². The van der Waals surface area contributed by atoms with E-state index in [0.29, 0.717) is 0 Å². The number of carbonyl (C=O) groups excluding carboxylic acids is 1. The highest BCUT2D eigenvalue weighted by Crippen LogP contribution is 2.37. The van der Waals surface area contributed by atoms with Gasteiger partial charge in [-0.25, -0.2) is 4.79 Å². The van der Waals surface area contributed by atoms with Crippen molar-refractivity contribution in [3.05, 3.63) is 23.8 Å². The zero-order chi connectivity index (χ0) is 11.7. The molecule has 86 valence electrons. The zero-order valence-electron chi connectivity index (χ0n) is 9.61. The summed E-state index contributed by atoms with van der Waals surface area (Å²) in [6.07, 6.45) is -0.602. The van der Waals surface area contributed by atoms with Gasteiger partial charge in [-0.3, -0.25) is 5.32 Å². The van der Waals surface area contributed by atoms with E-state index in [9.17, 15) is 4.79 Å². The number of hydrogen-bond donors (Lipinski definition) is 1. The normalized spacial score (nSPS) is 18.8. The lowest BCUT2D eigenvalue weighted by Gasteiger charge is -2.29. The number of rotatable bonds is 2. The van der Waals surface area contributed by atoms with Gasteiger partial charge in [0.15, 0.2) is 0 Å². The van der Waals surface area contributed by atoms with Crippen LogP contribution < -0.4 is 10.1 Å². The van der Waals surface area contributed by atoms with Gasteiger partial charge in [-0.1, -0.05) is 13.8 Å². The molecule has 1 heterocycles. The Morgan fingerprint density at radius 1 is 1.44 bits per heavy atom. The second kappa shape index (κ2) is 4.04. The summed E-state index contributed by atoms with van der Waals surface area (Å²) < 4.78 is 10.4. The van der Waals surface area contributed by atoms with Gasteiger partial charge in [0.1, 0.15) is 11.9 Å². The number of nitrogens with one attached hydrogen (secondary N) is 1. The molecule has 1 amide bonds. The molecule has 4 heteroatoms. The Balaban J connectivity index is 2.45. The third-order valence-corrected chi connectivity index (χ3v) is 2.64. The number of methoxy groups -OCH3 is 1. The van der Waals surface area contributed by atoms with Crippen molar-refractivity contribution in [1.82, 2.24) is 0 Å². The van der Waals surface area contributed by atoms with Gasteiger partial charge in [0.2, 0.25) is 0 Å². The van der Waals surface area contributed by atoms with Crippen LogP contribution in [-0.2, 0) is 4.74 Å². The Morgan fingerprint density at radius 3 is 2.81 bits per heavy atom. The molecule has 1 N–H and O–H groups in total. The quantitative estimate of drug-likeness (QED) is 0.835. The number of ether oxygens (including phenoxy) is 2. The predicted octanol–water partition coefficient (Wildman–Crippen LogP) is 2.95. The summed E-state index contributed by atoms with van der Waals surface area (Å²) in [6.45, 7) is 4.04. The Morgan fingerprint density at radius 2 is 2.19 bits per heavy atom. The molecule has 16 heavy (non-hydrogen) atoms. The van der Waals surface area contributed by atoms with Gasteiger partial charge in [0, 0.05) is 5.56 Å². The van der Waals surface area contributed by atoms with Crippen molar-refractivity contribution in [3.8, 4) is 5.75 Å². The van der Waals surface area contributed by atoms with Crippen molar-refractivity contribution in [2.75, 3.05) is 12.4 Å². The van der Waals surface area contributed by atoms with Crippen LogP contribution in [0.25, 0.3) is 0 Å². The highest BCUT2D eigenvalue weighted by atomic mass is 16.6. The number of amides is 1. The number of carbonyl (C=O) groups is 1. The van der Waals surface area contributed by atoms with Gasteiger partial charge in [-0.05, 0) is 24.1 Å². The lowest BCUT2D eigenvalue weighted by molar-refractivity contribution is 0.0775. The van der Waals surface area contributed by atoms with Crippen LogP contribution in [0.2, 0.25) is 0 Å². The van der Waals surface area contributed by atoms with E-state index >= 15 is 0 Å². The molecule has 1 aliphatic heterocycles. The predicted molar refractivity (Wildman–Crippen MR) is 60.7 cm³/mol. The maximum Gasteiger partial charge on any atom is 0.412 e. The Kier molecular flexibility index (Phi) is 2.73. The number of anilines is 1. The molecule has 0 radical (unpaired) electrons. The summed E-state index contributed by atoms with van der Waals surface area (Å²) in [4.78, 5) is 11.3. The summed E-state index contributed by atoms with van der Waals surface area (Å²) in [5, 5.41) is 2.68.